The average molecular weight is 526 g/mol. The average Bonchev–Trinajstić information content (AvgIpc) is 3.24. The van der Waals surface area contributed by atoms with Crippen LogP contribution in [0, 0.1) is 40.4 Å². The van der Waals surface area contributed by atoms with Gasteiger partial charge in [-0.05, 0) is 105 Å². The summed E-state index contributed by atoms with van der Waals surface area (Å²) in [5, 5.41) is 10.3. The highest BCUT2D eigenvalue weighted by molar-refractivity contribution is 5.78. The fourth-order valence-corrected chi connectivity index (χ4v) is 10.2. The summed E-state index contributed by atoms with van der Waals surface area (Å²) >= 11 is 0. The number of aliphatic hydroxyl groups excluding tert-OH is 1. The van der Waals surface area contributed by atoms with E-state index in [9.17, 15) is 14.7 Å². The standard InChI is InChI=1S/C32H51N3O3/c1-22(5-10-29(37)33-17-19-35(20-18-33)30(38)34-15-4-16-34)26-8-9-27-25-7-6-23-21-24(36)11-13-31(23,2)28(25)12-14-32(26,27)3/h6,22,24-28,36H,4-5,7-21H2,1-3H3/t22?,24-,25-,26+,27-,28-,31-,32+/m0/s1. The van der Waals surface area contributed by atoms with E-state index in [1.54, 1.807) is 5.57 Å². The minimum absolute atomic E-state index is 0.129. The lowest BCUT2D eigenvalue weighted by atomic mass is 9.47. The Kier molecular flexibility index (Phi) is 7.10. The Balaban J connectivity index is 1.03. The quantitative estimate of drug-likeness (QED) is 0.506. The molecule has 0 radical (unpaired) electrons. The number of nitrogens with zero attached hydrogens (tertiary/aromatic N) is 3. The van der Waals surface area contributed by atoms with E-state index in [2.05, 4.69) is 26.8 Å². The fourth-order valence-electron chi connectivity index (χ4n) is 10.2. The van der Waals surface area contributed by atoms with Gasteiger partial charge in [0.25, 0.3) is 0 Å². The SMILES string of the molecule is CC(CCC(=O)N1CCN(C(=O)N2CCC2)CC1)[C@H]1CC[C@H]2[C@@H]3CC=C4C[C@@H](O)CC[C@]4(C)[C@H]3CC[C@]12C. The molecule has 6 nitrogen and oxygen atoms in total. The third kappa shape index (κ3) is 4.41. The Hall–Kier alpha value is -1.56. The molecule has 5 fully saturated rings. The third-order valence-electron chi connectivity index (χ3n) is 12.7. The van der Waals surface area contributed by atoms with Gasteiger partial charge < -0.3 is 19.8 Å². The van der Waals surface area contributed by atoms with Crippen LogP contribution < -0.4 is 0 Å². The molecule has 2 aliphatic heterocycles. The molecule has 0 aromatic rings. The van der Waals surface area contributed by atoms with Gasteiger partial charge >= 0.3 is 6.03 Å². The molecule has 0 bridgehead atoms. The number of aliphatic hydroxyl groups is 1. The smallest absolute Gasteiger partial charge is 0.320 e. The van der Waals surface area contributed by atoms with E-state index in [4.69, 9.17) is 0 Å². The second-order valence-corrected chi connectivity index (χ2v) is 14.4. The number of piperazine rings is 1. The first-order chi connectivity index (χ1) is 18.2. The highest BCUT2D eigenvalue weighted by Crippen LogP contribution is 2.67. The van der Waals surface area contributed by atoms with Crippen molar-refractivity contribution in [2.75, 3.05) is 39.3 Å². The summed E-state index contributed by atoms with van der Waals surface area (Å²) in [6.45, 7) is 12.0. The van der Waals surface area contributed by atoms with E-state index in [0.29, 0.717) is 49.3 Å². The summed E-state index contributed by atoms with van der Waals surface area (Å²) in [4.78, 5) is 31.5. The van der Waals surface area contributed by atoms with Crippen LogP contribution in [0.4, 0.5) is 4.79 Å². The largest absolute Gasteiger partial charge is 0.393 e. The molecule has 6 aliphatic rings. The number of urea groups is 1. The maximum absolute atomic E-state index is 13.1. The van der Waals surface area contributed by atoms with Crippen LogP contribution >= 0.6 is 0 Å². The Bertz CT molecular complexity index is 954. The van der Waals surface area contributed by atoms with Crippen LogP contribution in [-0.4, -0.2) is 77.1 Å². The second kappa shape index (κ2) is 10.1. The molecule has 0 spiro atoms. The van der Waals surface area contributed by atoms with Crippen molar-refractivity contribution in [2.24, 2.45) is 40.4 Å². The summed E-state index contributed by atoms with van der Waals surface area (Å²) in [6.07, 6.45) is 14.8. The number of amides is 3. The Morgan fingerprint density at radius 3 is 2.37 bits per heavy atom. The molecule has 1 N–H and O–H groups in total. The monoisotopic (exact) mass is 525 g/mol. The van der Waals surface area contributed by atoms with Gasteiger partial charge in [0, 0.05) is 45.7 Å². The van der Waals surface area contributed by atoms with Crippen LogP contribution in [0.2, 0.25) is 0 Å². The predicted molar refractivity (Wildman–Crippen MR) is 149 cm³/mol. The number of hydrogen-bond donors (Lipinski definition) is 1. The number of carbonyl (C=O) groups is 2. The molecule has 4 aliphatic carbocycles. The van der Waals surface area contributed by atoms with E-state index in [-0.39, 0.29) is 18.0 Å². The van der Waals surface area contributed by atoms with Crippen molar-refractivity contribution in [3.05, 3.63) is 11.6 Å². The van der Waals surface area contributed by atoms with Gasteiger partial charge in [-0.3, -0.25) is 4.79 Å². The topological polar surface area (TPSA) is 64.1 Å². The first-order valence-corrected chi connectivity index (χ1v) is 15.9. The molecule has 38 heavy (non-hydrogen) atoms. The van der Waals surface area contributed by atoms with E-state index in [0.717, 1.165) is 68.9 Å². The summed E-state index contributed by atoms with van der Waals surface area (Å²) < 4.78 is 0. The fraction of sp³-hybridized carbons (Fsp3) is 0.875. The van der Waals surface area contributed by atoms with Gasteiger partial charge in [-0.25, -0.2) is 4.79 Å². The second-order valence-electron chi connectivity index (χ2n) is 14.4. The number of allylic oxidation sites excluding steroid dienone is 1. The molecule has 8 atom stereocenters. The Morgan fingerprint density at radius 1 is 0.947 bits per heavy atom. The maximum atomic E-state index is 13.1. The van der Waals surface area contributed by atoms with Gasteiger partial charge in [-0.15, -0.1) is 0 Å². The number of rotatable bonds is 4. The van der Waals surface area contributed by atoms with E-state index in [1.807, 2.05) is 14.7 Å². The van der Waals surface area contributed by atoms with Crippen molar-refractivity contribution in [1.29, 1.82) is 0 Å². The van der Waals surface area contributed by atoms with E-state index in [1.165, 1.54) is 32.1 Å². The van der Waals surface area contributed by atoms with Crippen molar-refractivity contribution in [3.8, 4) is 0 Å². The molecule has 6 heteroatoms. The molecular formula is C32H51N3O3. The molecular weight excluding hydrogens is 474 g/mol. The zero-order valence-electron chi connectivity index (χ0n) is 24.2. The van der Waals surface area contributed by atoms with Crippen molar-refractivity contribution < 1.29 is 14.7 Å². The van der Waals surface area contributed by atoms with Crippen LogP contribution in [0.5, 0.6) is 0 Å². The number of hydrogen-bond acceptors (Lipinski definition) is 3. The van der Waals surface area contributed by atoms with Crippen molar-refractivity contribution >= 4 is 11.9 Å². The predicted octanol–water partition coefficient (Wildman–Crippen LogP) is 5.31. The Labute approximate surface area is 230 Å². The molecule has 3 saturated carbocycles. The summed E-state index contributed by atoms with van der Waals surface area (Å²) in [5.41, 5.74) is 2.28. The van der Waals surface area contributed by atoms with Crippen LogP contribution in [0.15, 0.2) is 11.6 Å². The Morgan fingerprint density at radius 2 is 1.66 bits per heavy atom. The molecule has 212 valence electrons. The van der Waals surface area contributed by atoms with Gasteiger partial charge in [-0.1, -0.05) is 32.4 Å². The molecule has 0 aromatic heterocycles. The molecule has 0 aromatic carbocycles. The van der Waals surface area contributed by atoms with Crippen LogP contribution in [0.1, 0.15) is 91.4 Å². The third-order valence-corrected chi connectivity index (χ3v) is 12.7. The minimum Gasteiger partial charge on any atom is -0.393 e. The van der Waals surface area contributed by atoms with Gasteiger partial charge in [0.2, 0.25) is 5.91 Å². The van der Waals surface area contributed by atoms with Crippen LogP contribution in [-0.2, 0) is 4.79 Å². The first-order valence-electron chi connectivity index (χ1n) is 15.9. The van der Waals surface area contributed by atoms with Crippen molar-refractivity contribution in [1.82, 2.24) is 14.7 Å². The van der Waals surface area contributed by atoms with Gasteiger partial charge in [0.05, 0.1) is 6.10 Å². The molecule has 6 rings (SSSR count). The molecule has 1 unspecified atom stereocenters. The van der Waals surface area contributed by atoms with E-state index < -0.39 is 0 Å². The number of carbonyl (C=O) groups excluding carboxylic acids is 2. The first kappa shape index (κ1) is 26.7. The van der Waals surface area contributed by atoms with Crippen molar-refractivity contribution in [2.45, 2.75) is 97.5 Å². The normalized spacial score (nSPS) is 41.4. The van der Waals surface area contributed by atoms with Gasteiger partial charge in [0.15, 0.2) is 0 Å². The van der Waals surface area contributed by atoms with Crippen LogP contribution in [0.25, 0.3) is 0 Å². The molecule has 2 saturated heterocycles. The van der Waals surface area contributed by atoms with Crippen molar-refractivity contribution in [3.63, 3.8) is 0 Å². The number of fused-ring (bicyclic) bond motifs is 5. The lowest BCUT2D eigenvalue weighted by molar-refractivity contribution is -0.133. The minimum atomic E-state index is -0.129. The van der Waals surface area contributed by atoms with Crippen LogP contribution in [0.3, 0.4) is 0 Å². The summed E-state index contributed by atoms with van der Waals surface area (Å²) in [6, 6.07) is 0.162. The summed E-state index contributed by atoms with van der Waals surface area (Å²) in [5.74, 6) is 3.98. The molecule has 3 amide bonds. The lowest BCUT2D eigenvalue weighted by Gasteiger charge is -2.58. The highest BCUT2D eigenvalue weighted by atomic mass is 16.3. The summed E-state index contributed by atoms with van der Waals surface area (Å²) in [7, 11) is 0. The molecule has 2 heterocycles. The zero-order valence-corrected chi connectivity index (χ0v) is 24.2. The van der Waals surface area contributed by atoms with Gasteiger partial charge in [0.1, 0.15) is 0 Å². The number of likely N-dealkylation sites (tertiary alicyclic amines) is 1. The lowest BCUT2D eigenvalue weighted by Crippen LogP contribution is -2.56. The zero-order chi connectivity index (χ0) is 26.7. The van der Waals surface area contributed by atoms with E-state index >= 15 is 0 Å². The maximum Gasteiger partial charge on any atom is 0.320 e. The van der Waals surface area contributed by atoms with Gasteiger partial charge in [-0.2, -0.15) is 0 Å². The highest BCUT2D eigenvalue weighted by Gasteiger charge is 2.59.